The molecule has 62 valence electrons. The Hall–Kier alpha value is -1.13. The SMILES string of the molecule is Cc1cn(CC(F)F)c(N)n1. The standard InChI is InChI=1S/C6H9F2N3/c1-4-2-11(3-5(7)8)6(9)10-4/h2,5H,3H2,1H3,(H2,9,10). The highest BCUT2D eigenvalue weighted by Crippen LogP contribution is 2.06. The summed E-state index contributed by atoms with van der Waals surface area (Å²) in [5.74, 6) is 0.141. The highest BCUT2D eigenvalue weighted by atomic mass is 19.3. The van der Waals surface area contributed by atoms with Gasteiger partial charge in [-0.25, -0.2) is 13.8 Å². The fourth-order valence-electron chi connectivity index (χ4n) is 0.860. The maximum atomic E-state index is 11.8. The molecule has 5 heteroatoms. The normalized spacial score (nSPS) is 10.9. The zero-order chi connectivity index (χ0) is 8.43. The molecule has 3 nitrogen and oxygen atoms in total. The molecular weight excluding hydrogens is 152 g/mol. The average Bonchev–Trinajstić information content (AvgIpc) is 2.09. The predicted octanol–water partition coefficient (Wildman–Crippen LogP) is 1.04. The second-order valence-corrected chi connectivity index (χ2v) is 2.28. The molecule has 0 aliphatic rings. The number of alkyl halides is 2. The van der Waals surface area contributed by atoms with E-state index in [4.69, 9.17) is 5.73 Å². The first kappa shape index (κ1) is 7.97. The lowest BCUT2D eigenvalue weighted by Crippen LogP contribution is -2.08. The molecule has 0 radical (unpaired) electrons. The van der Waals surface area contributed by atoms with E-state index in [0.717, 1.165) is 0 Å². The van der Waals surface area contributed by atoms with Crippen LogP contribution in [0, 0.1) is 6.92 Å². The van der Waals surface area contributed by atoms with E-state index in [1.165, 1.54) is 10.8 Å². The van der Waals surface area contributed by atoms with Gasteiger partial charge in [0.1, 0.15) is 0 Å². The third-order valence-electron chi connectivity index (χ3n) is 1.26. The number of hydrogen-bond acceptors (Lipinski definition) is 2. The van der Waals surface area contributed by atoms with Crippen LogP contribution in [0.5, 0.6) is 0 Å². The number of rotatable bonds is 2. The molecule has 1 rings (SSSR count). The van der Waals surface area contributed by atoms with Gasteiger partial charge in [-0.15, -0.1) is 0 Å². The molecule has 0 fully saturated rings. The fraction of sp³-hybridized carbons (Fsp3) is 0.500. The van der Waals surface area contributed by atoms with Crippen molar-refractivity contribution in [2.45, 2.75) is 19.9 Å². The zero-order valence-corrected chi connectivity index (χ0v) is 6.09. The van der Waals surface area contributed by atoms with Gasteiger partial charge < -0.3 is 10.3 Å². The summed E-state index contributed by atoms with van der Waals surface area (Å²) in [7, 11) is 0. The molecule has 1 heterocycles. The second-order valence-electron chi connectivity index (χ2n) is 2.28. The first-order valence-corrected chi connectivity index (χ1v) is 3.17. The summed E-state index contributed by atoms with van der Waals surface area (Å²) < 4.78 is 24.8. The van der Waals surface area contributed by atoms with Gasteiger partial charge >= 0.3 is 0 Å². The molecule has 0 atom stereocenters. The van der Waals surface area contributed by atoms with Crippen LogP contribution in [-0.4, -0.2) is 16.0 Å². The lowest BCUT2D eigenvalue weighted by Gasteiger charge is -2.01. The summed E-state index contributed by atoms with van der Waals surface area (Å²) >= 11 is 0. The Morgan fingerprint density at radius 1 is 1.73 bits per heavy atom. The average molecular weight is 161 g/mol. The molecule has 0 saturated carbocycles. The van der Waals surface area contributed by atoms with Crippen LogP contribution in [0.25, 0.3) is 0 Å². The number of nitrogens with zero attached hydrogens (tertiary/aromatic N) is 2. The fourth-order valence-corrected chi connectivity index (χ4v) is 0.860. The number of aryl methyl sites for hydroxylation is 1. The summed E-state index contributed by atoms with van der Waals surface area (Å²) in [5, 5.41) is 0. The van der Waals surface area contributed by atoms with Crippen molar-refractivity contribution in [1.29, 1.82) is 0 Å². The monoisotopic (exact) mass is 161 g/mol. The Morgan fingerprint density at radius 3 is 2.73 bits per heavy atom. The van der Waals surface area contributed by atoms with Crippen LogP contribution in [0.2, 0.25) is 0 Å². The van der Waals surface area contributed by atoms with Crippen LogP contribution in [0.1, 0.15) is 5.69 Å². The van der Waals surface area contributed by atoms with Crippen molar-refractivity contribution in [2.24, 2.45) is 0 Å². The van der Waals surface area contributed by atoms with Gasteiger partial charge in [0.2, 0.25) is 5.95 Å². The van der Waals surface area contributed by atoms with E-state index in [1.54, 1.807) is 6.92 Å². The number of nitrogens with two attached hydrogens (primary N) is 1. The van der Waals surface area contributed by atoms with Crippen LogP contribution >= 0.6 is 0 Å². The van der Waals surface area contributed by atoms with Gasteiger partial charge in [0.05, 0.1) is 12.2 Å². The van der Waals surface area contributed by atoms with Crippen LogP contribution in [-0.2, 0) is 6.54 Å². The van der Waals surface area contributed by atoms with E-state index in [9.17, 15) is 8.78 Å². The van der Waals surface area contributed by atoms with Gasteiger partial charge in [0.25, 0.3) is 6.43 Å². The Kier molecular flexibility index (Phi) is 2.07. The van der Waals surface area contributed by atoms with Crippen molar-refractivity contribution >= 4 is 5.95 Å². The van der Waals surface area contributed by atoms with Crippen LogP contribution < -0.4 is 5.73 Å². The highest BCUT2D eigenvalue weighted by molar-refractivity contribution is 5.21. The molecule has 2 N–H and O–H groups in total. The largest absolute Gasteiger partial charge is 0.369 e. The van der Waals surface area contributed by atoms with Crippen LogP contribution in [0.4, 0.5) is 14.7 Å². The minimum atomic E-state index is -2.38. The molecule has 0 saturated heterocycles. The van der Waals surface area contributed by atoms with Crippen molar-refractivity contribution in [1.82, 2.24) is 9.55 Å². The van der Waals surface area contributed by atoms with Crippen molar-refractivity contribution in [3.63, 3.8) is 0 Å². The predicted molar refractivity (Wildman–Crippen MR) is 37.4 cm³/mol. The lowest BCUT2D eigenvalue weighted by molar-refractivity contribution is 0.127. The number of imidazole rings is 1. The first-order chi connectivity index (χ1) is 5.09. The van der Waals surface area contributed by atoms with Gasteiger partial charge in [-0.3, -0.25) is 0 Å². The van der Waals surface area contributed by atoms with E-state index < -0.39 is 6.43 Å². The number of halogens is 2. The quantitative estimate of drug-likeness (QED) is 0.704. The minimum Gasteiger partial charge on any atom is -0.369 e. The van der Waals surface area contributed by atoms with E-state index >= 15 is 0 Å². The second kappa shape index (κ2) is 2.86. The van der Waals surface area contributed by atoms with E-state index in [-0.39, 0.29) is 12.5 Å². The van der Waals surface area contributed by atoms with Gasteiger partial charge in [0, 0.05) is 6.20 Å². The lowest BCUT2D eigenvalue weighted by atomic mass is 10.5. The van der Waals surface area contributed by atoms with Gasteiger partial charge in [0.15, 0.2) is 0 Å². The van der Waals surface area contributed by atoms with Crippen molar-refractivity contribution in [3.8, 4) is 0 Å². The maximum Gasteiger partial charge on any atom is 0.256 e. The molecule has 0 amide bonds. The van der Waals surface area contributed by atoms with E-state index in [2.05, 4.69) is 4.98 Å². The summed E-state index contributed by atoms with van der Waals surface area (Å²) in [6.07, 6.45) is -0.882. The topological polar surface area (TPSA) is 43.8 Å². The smallest absolute Gasteiger partial charge is 0.256 e. The number of hydrogen-bond donors (Lipinski definition) is 1. The van der Waals surface area contributed by atoms with Crippen LogP contribution in [0.3, 0.4) is 0 Å². The third-order valence-corrected chi connectivity index (χ3v) is 1.26. The summed E-state index contributed by atoms with van der Waals surface area (Å²) in [6, 6.07) is 0. The highest BCUT2D eigenvalue weighted by Gasteiger charge is 2.07. The number of nitrogen functional groups attached to an aromatic ring is 1. The molecule has 1 aromatic rings. The zero-order valence-electron chi connectivity index (χ0n) is 6.09. The summed E-state index contributed by atoms with van der Waals surface area (Å²) in [5.41, 5.74) is 5.96. The number of aromatic nitrogens is 2. The van der Waals surface area contributed by atoms with Gasteiger partial charge in [-0.05, 0) is 6.92 Å². The van der Waals surface area contributed by atoms with Crippen molar-refractivity contribution in [2.75, 3.05) is 5.73 Å². The van der Waals surface area contributed by atoms with Crippen molar-refractivity contribution in [3.05, 3.63) is 11.9 Å². The minimum absolute atomic E-state index is 0.141. The van der Waals surface area contributed by atoms with Crippen LogP contribution in [0.15, 0.2) is 6.20 Å². The molecular formula is C6H9F2N3. The summed E-state index contributed by atoms with van der Waals surface area (Å²) in [6.45, 7) is 1.32. The van der Waals surface area contributed by atoms with Crippen molar-refractivity contribution < 1.29 is 8.78 Å². The molecule has 0 aromatic carbocycles. The molecule has 0 bridgehead atoms. The third kappa shape index (κ3) is 1.89. The molecule has 0 aliphatic heterocycles. The first-order valence-electron chi connectivity index (χ1n) is 3.17. The molecule has 1 aromatic heterocycles. The Morgan fingerprint density at radius 2 is 2.36 bits per heavy atom. The number of anilines is 1. The van der Waals surface area contributed by atoms with Gasteiger partial charge in [-0.1, -0.05) is 0 Å². The van der Waals surface area contributed by atoms with E-state index in [0.29, 0.717) is 5.69 Å². The molecule has 0 unspecified atom stereocenters. The van der Waals surface area contributed by atoms with Gasteiger partial charge in [-0.2, -0.15) is 0 Å². The Balaban J connectivity index is 2.77. The maximum absolute atomic E-state index is 11.8. The molecule has 0 spiro atoms. The molecule has 11 heavy (non-hydrogen) atoms. The molecule has 0 aliphatic carbocycles. The Labute approximate surface area is 62.8 Å². The Bertz CT molecular complexity index is 244. The van der Waals surface area contributed by atoms with E-state index in [1.807, 2.05) is 0 Å². The summed E-state index contributed by atoms with van der Waals surface area (Å²) in [4.78, 5) is 3.77.